The number of amides is 3. The maximum Gasteiger partial charge on any atom is 0.502 e. The van der Waals surface area contributed by atoms with Gasteiger partial charge in [0.1, 0.15) is 29.3 Å². The smallest absolute Gasteiger partial charge is 0.357 e. The molecule has 12 heteroatoms. The number of hydrogen-bond acceptors (Lipinski definition) is 7. The van der Waals surface area contributed by atoms with Gasteiger partial charge >= 0.3 is 11.9 Å². The molecule has 0 radical (unpaired) electrons. The molecule has 1 N–H and O–H groups in total. The van der Waals surface area contributed by atoms with Crippen LogP contribution in [0.3, 0.4) is 0 Å². The minimum Gasteiger partial charge on any atom is -0.357 e. The van der Waals surface area contributed by atoms with Crippen LogP contribution in [0.2, 0.25) is 0 Å². The first-order chi connectivity index (χ1) is 14.7. The summed E-state index contributed by atoms with van der Waals surface area (Å²) in [5.74, 6) is -0.463. The number of halogens is 1. The third-order valence-electron chi connectivity index (χ3n) is 5.32. The Morgan fingerprint density at radius 1 is 1.45 bits per heavy atom. The molecule has 0 saturated heterocycles. The minimum atomic E-state index is -4.02. The van der Waals surface area contributed by atoms with Crippen LogP contribution in [0.5, 0.6) is 0 Å². The molecular formula is C19H19FN5O5S+. The Kier molecular flexibility index (Phi) is 5.10. The van der Waals surface area contributed by atoms with Gasteiger partial charge in [-0.05, 0) is 31.9 Å². The van der Waals surface area contributed by atoms with Gasteiger partial charge in [-0.3, -0.25) is 0 Å². The molecule has 1 unspecified atom stereocenters. The number of nitrogens with one attached hydrogen (secondary N) is 1. The molecule has 1 aromatic heterocycles. The zero-order valence-electron chi connectivity index (χ0n) is 16.5. The number of carbonyl (C=O) groups is 2. The molecule has 1 aromatic rings. The molecule has 0 bridgehead atoms. The summed E-state index contributed by atoms with van der Waals surface area (Å²) in [5.41, 5.74) is -0.411. The molecule has 162 valence electrons. The Labute approximate surface area is 177 Å². The van der Waals surface area contributed by atoms with Gasteiger partial charge in [-0.25, -0.2) is 22.3 Å². The van der Waals surface area contributed by atoms with E-state index in [1.165, 1.54) is 18.2 Å². The molecule has 10 nitrogen and oxygen atoms in total. The van der Waals surface area contributed by atoms with Gasteiger partial charge in [-0.15, -0.1) is 4.90 Å². The van der Waals surface area contributed by atoms with Crippen LogP contribution >= 0.6 is 0 Å². The summed E-state index contributed by atoms with van der Waals surface area (Å²) in [6.45, 7) is 0.303. The van der Waals surface area contributed by atoms with E-state index in [9.17, 15) is 22.4 Å². The van der Waals surface area contributed by atoms with Crippen LogP contribution < -0.4 is 4.72 Å². The van der Waals surface area contributed by atoms with Crippen molar-refractivity contribution in [2.45, 2.75) is 37.1 Å². The summed E-state index contributed by atoms with van der Waals surface area (Å²) in [7, 11) is -4.02. The number of imide groups is 1. The zero-order chi connectivity index (χ0) is 22.4. The van der Waals surface area contributed by atoms with Gasteiger partial charge in [-0.1, -0.05) is 11.2 Å². The summed E-state index contributed by atoms with van der Waals surface area (Å²) >= 11 is 0. The summed E-state index contributed by atoms with van der Waals surface area (Å²) in [6, 6.07) is 2.70. The standard InChI is InChI=1S/C19H19FN5O5S/c1-12-8-13(30-22-12)10-25-17(26)15-9-14(31(28,29)23-19(11-20)4-5-19)2-3-16(15)24(7-6-21)18(25)27/h2-3,8-9,14,23H,4-5,7,10-11H2,1H3/q+1. The van der Waals surface area contributed by atoms with Gasteiger partial charge in [0.2, 0.25) is 10.0 Å². The second-order valence-electron chi connectivity index (χ2n) is 7.70. The first-order valence-electron chi connectivity index (χ1n) is 9.48. The van der Waals surface area contributed by atoms with Crippen LogP contribution in [0.15, 0.2) is 34.4 Å². The number of sulfonamides is 1. The van der Waals surface area contributed by atoms with Gasteiger partial charge in [0.25, 0.3) is 0 Å². The Bertz CT molecular complexity index is 1200. The highest BCUT2D eigenvalue weighted by molar-refractivity contribution is 7.90. The molecule has 1 aliphatic heterocycles. The quantitative estimate of drug-likeness (QED) is 0.479. The van der Waals surface area contributed by atoms with Crippen LogP contribution in [-0.4, -0.2) is 64.7 Å². The molecule has 1 fully saturated rings. The molecular weight excluding hydrogens is 429 g/mol. The van der Waals surface area contributed by atoms with Crippen LogP contribution in [0, 0.1) is 18.3 Å². The minimum absolute atomic E-state index is 0.0333. The Balaban J connectivity index is 1.70. The van der Waals surface area contributed by atoms with E-state index in [-0.39, 0.29) is 30.1 Å². The van der Waals surface area contributed by atoms with Gasteiger partial charge in [0, 0.05) is 6.07 Å². The number of fused-ring (bicyclic) bond motifs is 1. The lowest BCUT2D eigenvalue weighted by Gasteiger charge is -2.25. The fourth-order valence-electron chi connectivity index (χ4n) is 3.46. The van der Waals surface area contributed by atoms with Crippen LogP contribution in [-0.2, 0) is 21.4 Å². The van der Waals surface area contributed by atoms with E-state index in [0.717, 1.165) is 9.48 Å². The maximum atomic E-state index is 13.2. The summed E-state index contributed by atoms with van der Waals surface area (Å²) in [5, 5.41) is 11.6. The first-order valence-corrected chi connectivity index (χ1v) is 11.0. The number of urea groups is 1. The van der Waals surface area contributed by atoms with Crippen molar-refractivity contribution in [2.24, 2.45) is 0 Å². The monoisotopic (exact) mass is 448 g/mol. The Hall–Kier alpha value is -3.17. The van der Waals surface area contributed by atoms with Crippen molar-refractivity contribution < 1.29 is 31.5 Å². The van der Waals surface area contributed by atoms with Crippen LogP contribution in [0.1, 0.15) is 24.3 Å². The molecule has 2 heterocycles. The van der Waals surface area contributed by atoms with E-state index in [4.69, 9.17) is 9.78 Å². The van der Waals surface area contributed by atoms with Crippen molar-refractivity contribution >= 4 is 27.7 Å². The lowest BCUT2D eigenvalue weighted by Crippen LogP contribution is -2.52. The van der Waals surface area contributed by atoms with E-state index in [0.29, 0.717) is 18.5 Å². The highest BCUT2D eigenvalue weighted by Gasteiger charge is 2.49. The molecule has 1 atom stereocenters. The van der Waals surface area contributed by atoms with Gasteiger partial charge in [0.15, 0.2) is 18.8 Å². The number of alkyl halides is 1. The lowest BCUT2D eigenvalue weighted by molar-refractivity contribution is -0.423. The SMILES string of the molecule is Cc1cc(CN2C(=O)C3=CC(S(=O)(=O)NC4(CF)CC4)C=CC3=[N+](CC#N)C2=O)on1. The second kappa shape index (κ2) is 7.51. The highest BCUT2D eigenvalue weighted by atomic mass is 32.2. The average Bonchev–Trinajstić information content (AvgIpc) is 3.38. The van der Waals surface area contributed by atoms with Gasteiger partial charge in [-0.2, -0.15) is 14.6 Å². The average molecular weight is 448 g/mol. The molecule has 3 aliphatic rings. The van der Waals surface area contributed by atoms with E-state index in [1.54, 1.807) is 13.0 Å². The third kappa shape index (κ3) is 3.82. The number of aryl methyl sites for hydroxylation is 1. The molecule has 31 heavy (non-hydrogen) atoms. The van der Waals surface area contributed by atoms with Crippen LogP contribution in [0.4, 0.5) is 9.18 Å². The number of nitriles is 1. The fraction of sp³-hybridized carbons (Fsp3) is 0.421. The number of nitrogens with zero attached hydrogens (tertiary/aromatic N) is 4. The number of aromatic nitrogens is 1. The number of rotatable bonds is 7. The first kappa shape index (κ1) is 21.1. The van der Waals surface area contributed by atoms with Crippen molar-refractivity contribution in [1.82, 2.24) is 14.8 Å². The predicted molar refractivity (Wildman–Crippen MR) is 104 cm³/mol. The fourth-order valence-corrected chi connectivity index (χ4v) is 5.06. The van der Waals surface area contributed by atoms with Gasteiger partial charge in [0.05, 0.1) is 11.2 Å². The summed E-state index contributed by atoms with van der Waals surface area (Å²) in [6.07, 6.45) is 4.65. The Morgan fingerprint density at radius 2 is 2.19 bits per heavy atom. The molecule has 1 saturated carbocycles. The van der Waals surface area contributed by atoms with Crippen molar-refractivity contribution in [3.05, 3.63) is 41.3 Å². The van der Waals surface area contributed by atoms with Crippen molar-refractivity contribution in [3.63, 3.8) is 0 Å². The molecule has 0 aromatic carbocycles. The lowest BCUT2D eigenvalue weighted by atomic mass is 9.99. The largest absolute Gasteiger partial charge is 0.502 e. The molecule has 2 aliphatic carbocycles. The highest BCUT2D eigenvalue weighted by Crippen LogP contribution is 2.37. The molecule has 0 spiro atoms. The van der Waals surface area contributed by atoms with E-state index < -0.39 is 39.4 Å². The third-order valence-corrected chi connectivity index (χ3v) is 7.05. The second-order valence-corrected chi connectivity index (χ2v) is 9.54. The van der Waals surface area contributed by atoms with Crippen molar-refractivity contribution in [3.8, 4) is 6.07 Å². The topological polar surface area (TPSA) is 136 Å². The van der Waals surface area contributed by atoms with Crippen molar-refractivity contribution in [1.29, 1.82) is 5.26 Å². The number of allylic oxidation sites excluding steroid dienone is 1. The summed E-state index contributed by atoms with van der Waals surface area (Å²) < 4.78 is 47.3. The van der Waals surface area contributed by atoms with E-state index in [2.05, 4.69) is 9.88 Å². The van der Waals surface area contributed by atoms with Gasteiger partial charge < -0.3 is 4.52 Å². The van der Waals surface area contributed by atoms with Crippen molar-refractivity contribution in [2.75, 3.05) is 13.2 Å². The molecule has 4 rings (SSSR count). The summed E-state index contributed by atoms with van der Waals surface area (Å²) in [4.78, 5) is 26.8. The number of hydrogen-bond donors (Lipinski definition) is 1. The normalized spacial score (nSPS) is 22.3. The maximum absolute atomic E-state index is 13.2. The number of carbonyl (C=O) groups excluding carboxylic acids is 2. The van der Waals surface area contributed by atoms with Crippen LogP contribution in [0.25, 0.3) is 0 Å². The van der Waals surface area contributed by atoms with E-state index >= 15 is 0 Å². The molecule has 3 amide bonds. The Morgan fingerprint density at radius 3 is 2.77 bits per heavy atom. The van der Waals surface area contributed by atoms with E-state index in [1.807, 2.05) is 6.07 Å². The predicted octanol–water partition coefficient (Wildman–Crippen LogP) is 0.709. The zero-order valence-corrected chi connectivity index (χ0v) is 17.4.